The molecule has 0 atom stereocenters. The third-order valence-electron chi connectivity index (χ3n) is 3.46. The molecule has 8 nitrogen and oxygen atoms in total. The summed E-state index contributed by atoms with van der Waals surface area (Å²) in [5.74, 6) is 0.880. The lowest BCUT2D eigenvalue weighted by Crippen LogP contribution is -2.46. The molecule has 2 aromatic heterocycles. The molecule has 0 aromatic carbocycles. The van der Waals surface area contributed by atoms with Crippen molar-refractivity contribution in [3.8, 4) is 0 Å². The number of rotatable bonds is 3. The minimum absolute atomic E-state index is 0. The van der Waals surface area contributed by atoms with E-state index in [0.717, 1.165) is 29.9 Å². The highest BCUT2D eigenvalue weighted by Crippen LogP contribution is 2.24. The van der Waals surface area contributed by atoms with E-state index in [2.05, 4.69) is 24.6 Å². The second kappa shape index (κ2) is 6.14. The van der Waals surface area contributed by atoms with E-state index in [1.54, 1.807) is 0 Å². The first-order chi connectivity index (χ1) is 9.53. The molecular formula is C11H17ClN6O2S. The zero-order valence-corrected chi connectivity index (χ0v) is 12.8. The molecule has 0 unspecified atom stereocenters. The molecule has 2 aromatic rings. The molecule has 1 aliphatic heterocycles. The number of aromatic nitrogens is 3. The summed E-state index contributed by atoms with van der Waals surface area (Å²) in [7, 11) is -3.63. The molecule has 0 aliphatic carbocycles. The smallest absolute Gasteiger partial charge is 0.274 e. The highest BCUT2D eigenvalue weighted by Gasteiger charge is 2.23. The SMILES string of the molecule is Cl.NS(=O)(=O)NC1CCN(c2ncnc3[nH]ccc23)CC1. The zero-order valence-electron chi connectivity index (χ0n) is 11.2. The van der Waals surface area contributed by atoms with Gasteiger partial charge >= 0.3 is 0 Å². The first kappa shape index (κ1) is 16.0. The van der Waals surface area contributed by atoms with E-state index in [9.17, 15) is 8.42 Å². The van der Waals surface area contributed by atoms with Crippen LogP contribution in [0.2, 0.25) is 0 Å². The van der Waals surface area contributed by atoms with Crippen molar-refractivity contribution in [3.63, 3.8) is 0 Å². The van der Waals surface area contributed by atoms with E-state index < -0.39 is 10.2 Å². The predicted octanol–water partition coefficient (Wildman–Crippen LogP) is 0.142. The van der Waals surface area contributed by atoms with Crippen molar-refractivity contribution >= 4 is 39.5 Å². The summed E-state index contributed by atoms with van der Waals surface area (Å²) >= 11 is 0. The summed E-state index contributed by atoms with van der Waals surface area (Å²) in [5, 5.41) is 5.97. The molecule has 3 heterocycles. The summed E-state index contributed by atoms with van der Waals surface area (Å²) in [6.45, 7) is 1.45. The highest BCUT2D eigenvalue weighted by molar-refractivity contribution is 7.87. The number of nitrogens with one attached hydrogen (secondary N) is 2. The number of piperidine rings is 1. The number of hydrogen-bond acceptors (Lipinski definition) is 5. The van der Waals surface area contributed by atoms with Crippen molar-refractivity contribution in [1.29, 1.82) is 0 Å². The maximum Gasteiger partial charge on any atom is 0.274 e. The zero-order chi connectivity index (χ0) is 14.2. The molecule has 116 valence electrons. The Labute approximate surface area is 128 Å². The number of hydrogen-bond donors (Lipinski definition) is 3. The van der Waals surface area contributed by atoms with Crippen LogP contribution >= 0.6 is 12.4 Å². The normalized spacial score (nSPS) is 16.9. The number of nitrogens with two attached hydrogens (primary N) is 1. The Balaban J connectivity index is 0.00000161. The van der Waals surface area contributed by atoms with Gasteiger partial charge in [0, 0.05) is 25.3 Å². The van der Waals surface area contributed by atoms with Crippen molar-refractivity contribution in [2.45, 2.75) is 18.9 Å². The van der Waals surface area contributed by atoms with Crippen LogP contribution < -0.4 is 14.8 Å². The fraction of sp³-hybridized carbons (Fsp3) is 0.455. The molecule has 0 radical (unpaired) electrons. The molecular weight excluding hydrogens is 316 g/mol. The van der Waals surface area contributed by atoms with E-state index in [-0.39, 0.29) is 18.4 Å². The maximum absolute atomic E-state index is 11.0. The van der Waals surface area contributed by atoms with E-state index in [4.69, 9.17) is 5.14 Å². The number of halogens is 1. The fourth-order valence-corrected chi connectivity index (χ4v) is 3.25. The summed E-state index contributed by atoms with van der Waals surface area (Å²) in [6, 6.07) is 1.84. The van der Waals surface area contributed by atoms with Crippen molar-refractivity contribution in [2.24, 2.45) is 5.14 Å². The first-order valence-electron chi connectivity index (χ1n) is 6.36. The second-order valence-electron chi connectivity index (χ2n) is 4.86. The summed E-state index contributed by atoms with van der Waals surface area (Å²) in [6.07, 6.45) is 4.76. The van der Waals surface area contributed by atoms with Gasteiger partial charge in [-0.15, -0.1) is 12.4 Å². The van der Waals surface area contributed by atoms with Crippen LogP contribution in [0.5, 0.6) is 0 Å². The fourth-order valence-electron chi connectivity index (χ4n) is 2.55. The molecule has 10 heteroatoms. The van der Waals surface area contributed by atoms with Gasteiger partial charge in [-0.1, -0.05) is 0 Å². The number of anilines is 1. The largest absolute Gasteiger partial charge is 0.356 e. The molecule has 4 N–H and O–H groups in total. The van der Waals surface area contributed by atoms with Crippen molar-refractivity contribution in [3.05, 3.63) is 18.6 Å². The minimum Gasteiger partial charge on any atom is -0.356 e. The summed E-state index contributed by atoms with van der Waals surface area (Å²) in [5.41, 5.74) is 0.805. The Morgan fingerprint density at radius 3 is 2.71 bits per heavy atom. The number of aromatic amines is 1. The standard InChI is InChI=1S/C11H16N6O2S.ClH/c12-20(18,19)16-8-2-5-17(6-3-8)11-9-1-4-13-10(9)14-7-15-11;/h1,4,7-8,16H,2-3,5-6H2,(H2,12,18,19)(H,13,14,15);1H. The van der Waals surface area contributed by atoms with Gasteiger partial charge in [-0.2, -0.15) is 13.1 Å². The van der Waals surface area contributed by atoms with Gasteiger partial charge in [0.1, 0.15) is 17.8 Å². The molecule has 3 rings (SSSR count). The first-order valence-corrected chi connectivity index (χ1v) is 7.91. The Kier molecular flexibility index (Phi) is 4.67. The van der Waals surface area contributed by atoms with Gasteiger partial charge < -0.3 is 9.88 Å². The lowest BCUT2D eigenvalue weighted by molar-refractivity contribution is 0.459. The molecule has 0 saturated carbocycles. The van der Waals surface area contributed by atoms with Crippen LogP contribution in [0.15, 0.2) is 18.6 Å². The molecule has 1 saturated heterocycles. The number of nitrogens with zero attached hydrogens (tertiary/aromatic N) is 3. The topological polar surface area (TPSA) is 117 Å². The molecule has 0 spiro atoms. The predicted molar refractivity (Wildman–Crippen MR) is 82.6 cm³/mol. The Morgan fingerprint density at radius 1 is 1.33 bits per heavy atom. The van der Waals surface area contributed by atoms with Crippen LogP contribution in [0.25, 0.3) is 11.0 Å². The van der Waals surface area contributed by atoms with Crippen LogP contribution in [0.4, 0.5) is 5.82 Å². The number of H-pyrrole nitrogens is 1. The van der Waals surface area contributed by atoms with Gasteiger partial charge in [0.15, 0.2) is 0 Å². The molecule has 0 amide bonds. The van der Waals surface area contributed by atoms with Crippen LogP contribution in [-0.4, -0.2) is 42.5 Å². The van der Waals surface area contributed by atoms with Crippen LogP contribution in [0, 0.1) is 0 Å². The van der Waals surface area contributed by atoms with E-state index in [1.807, 2.05) is 12.3 Å². The summed E-state index contributed by atoms with van der Waals surface area (Å²) in [4.78, 5) is 13.7. The highest BCUT2D eigenvalue weighted by atomic mass is 35.5. The maximum atomic E-state index is 11.0. The Bertz CT molecular complexity index is 710. The van der Waals surface area contributed by atoms with E-state index >= 15 is 0 Å². The van der Waals surface area contributed by atoms with Crippen LogP contribution in [-0.2, 0) is 10.2 Å². The third-order valence-corrected chi connectivity index (χ3v) is 4.12. The minimum atomic E-state index is -3.63. The molecule has 0 bridgehead atoms. The molecule has 1 aliphatic rings. The van der Waals surface area contributed by atoms with Crippen LogP contribution in [0.1, 0.15) is 12.8 Å². The summed E-state index contributed by atoms with van der Waals surface area (Å²) < 4.78 is 24.5. The van der Waals surface area contributed by atoms with E-state index in [1.165, 1.54) is 6.33 Å². The Hall–Kier alpha value is -1.42. The Morgan fingerprint density at radius 2 is 2.05 bits per heavy atom. The van der Waals surface area contributed by atoms with Crippen LogP contribution in [0.3, 0.4) is 0 Å². The molecule has 21 heavy (non-hydrogen) atoms. The lowest BCUT2D eigenvalue weighted by atomic mass is 10.1. The van der Waals surface area contributed by atoms with Crippen molar-refractivity contribution in [2.75, 3.05) is 18.0 Å². The van der Waals surface area contributed by atoms with Gasteiger partial charge in [-0.05, 0) is 18.9 Å². The van der Waals surface area contributed by atoms with Crippen molar-refractivity contribution in [1.82, 2.24) is 19.7 Å². The average Bonchev–Trinajstić information content (AvgIpc) is 2.86. The van der Waals surface area contributed by atoms with Gasteiger partial charge in [0.25, 0.3) is 10.2 Å². The third kappa shape index (κ3) is 3.62. The van der Waals surface area contributed by atoms with Gasteiger partial charge in [0.05, 0.1) is 5.39 Å². The van der Waals surface area contributed by atoms with Gasteiger partial charge in [-0.3, -0.25) is 0 Å². The second-order valence-corrected chi connectivity index (χ2v) is 6.19. The average molecular weight is 333 g/mol. The van der Waals surface area contributed by atoms with E-state index in [0.29, 0.717) is 12.8 Å². The quantitative estimate of drug-likeness (QED) is 0.739. The molecule has 1 fully saturated rings. The number of fused-ring (bicyclic) bond motifs is 1. The van der Waals surface area contributed by atoms with Gasteiger partial charge in [-0.25, -0.2) is 15.1 Å². The monoisotopic (exact) mass is 332 g/mol. The van der Waals surface area contributed by atoms with Gasteiger partial charge in [0.2, 0.25) is 0 Å². The lowest BCUT2D eigenvalue weighted by Gasteiger charge is -2.32. The van der Waals surface area contributed by atoms with Crippen molar-refractivity contribution < 1.29 is 8.42 Å².